The van der Waals surface area contributed by atoms with E-state index in [1.807, 2.05) is 47.3 Å². The van der Waals surface area contributed by atoms with E-state index in [4.69, 9.17) is 4.74 Å². The van der Waals surface area contributed by atoms with Gasteiger partial charge >= 0.3 is 5.97 Å². The first kappa shape index (κ1) is 16.0. The average molecular weight is 347 g/mol. The molecule has 0 saturated carbocycles. The van der Waals surface area contributed by atoms with Crippen LogP contribution in [0.25, 0.3) is 28.4 Å². The summed E-state index contributed by atoms with van der Waals surface area (Å²) in [4.78, 5) is 28.3. The highest BCUT2D eigenvalue weighted by Gasteiger charge is 2.10. The van der Waals surface area contributed by atoms with Crippen LogP contribution in [0.4, 0.5) is 0 Å². The second-order valence-corrected chi connectivity index (χ2v) is 5.77. The third-order valence-electron chi connectivity index (χ3n) is 3.93. The molecule has 26 heavy (non-hydrogen) atoms. The van der Waals surface area contributed by atoms with Crippen molar-refractivity contribution in [2.75, 3.05) is 6.61 Å². The summed E-state index contributed by atoms with van der Waals surface area (Å²) in [6.07, 6.45) is 7.27. The van der Waals surface area contributed by atoms with Crippen LogP contribution in [0, 0.1) is 0 Å². The van der Waals surface area contributed by atoms with Crippen molar-refractivity contribution < 1.29 is 9.53 Å². The smallest absolute Gasteiger partial charge is 0.310 e. The number of hydrogen-bond acceptors (Lipinski definition) is 5. The number of H-pyrrole nitrogens is 1. The van der Waals surface area contributed by atoms with Crippen LogP contribution in [-0.2, 0) is 16.0 Å². The number of carbonyl (C=O) groups excluding carboxylic acids is 1. The molecular formula is C19H17N5O2. The number of carbonyl (C=O) groups is 1. The molecule has 0 saturated heterocycles. The van der Waals surface area contributed by atoms with Gasteiger partial charge in [0.1, 0.15) is 5.69 Å². The van der Waals surface area contributed by atoms with Crippen molar-refractivity contribution in [3.05, 3.63) is 60.7 Å². The lowest BCUT2D eigenvalue weighted by Crippen LogP contribution is -2.06. The van der Waals surface area contributed by atoms with Gasteiger partial charge in [-0.1, -0.05) is 12.1 Å². The van der Waals surface area contributed by atoms with Gasteiger partial charge in [-0.05, 0) is 30.7 Å². The SMILES string of the molecule is CCOC(=O)Cc1ccn(-c2cncc(-c3nc4ccccc4[nH]3)n2)c1. The van der Waals surface area contributed by atoms with Crippen molar-refractivity contribution in [3.8, 4) is 17.3 Å². The number of imidazole rings is 1. The summed E-state index contributed by atoms with van der Waals surface area (Å²) in [6, 6.07) is 9.68. The molecule has 0 aliphatic rings. The maximum Gasteiger partial charge on any atom is 0.310 e. The molecule has 4 aromatic rings. The number of nitrogens with zero attached hydrogens (tertiary/aromatic N) is 4. The monoisotopic (exact) mass is 347 g/mol. The molecule has 3 aromatic heterocycles. The summed E-state index contributed by atoms with van der Waals surface area (Å²) in [5.41, 5.74) is 3.35. The highest BCUT2D eigenvalue weighted by atomic mass is 16.5. The molecule has 0 atom stereocenters. The molecule has 0 aliphatic carbocycles. The molecule has 0 radical (unpaired) electrons. The highest BCUT2D eigenvalue weighted by Crippen LogP contribution is 2.19. The summed E-state index contributed by atoms with van der Waals surface area (Å²) in [6.45, 7) is 2.17. The van der Waals surface area contributed by atoms with E-state index < -0.39 is 0 Å². The van der Waals surface area contributed by atoms with Crippen LogP contribution < -0.4 is 0 Å². The van der Waals surface area contributed by atoms with Gasteiger partial charge in [0, 0.05) is 12.4 Å². The van der Waals surface area contributed by atoms with E-state index in [1.165, 1.54) is 0 Å². The molecule has 130 valence electrons. The van der Waals surface area contributed by atoms with E-state index in [2.05, 4.69) is 19.9 Å². The molecule has 7 heteroatoms. The third-order valence-corrected chi connectivity index (χ3v) is 3.93. The van der Waals surface area contributed by atoms with Gasteiger partial charge in [0.2, 0.25) is 0 Å². The van der Waals surface area contributed by atoms with Crippen molar-refractivity contribution >= 4 is 17.0 Å². The van der Waals surface area contributed by atoms with E-state index in [9.17, 15) is 4.79 Å². The molecule has 0 spiro atoms. The molecule has 7 nitrogen and oxygen atoms in total. The number of para-hydroxylation sites is 2. The summed E-state index contributed by atoms with van der Waals surface area (Å²) >= 11 is 0. The fraction of sp³-hybridized carbons (Fsp3) is 0.158. The predicted molar refractivity (Wildman–Crippen MR) is 96.8 cm³/mol. The maximum atomic E-state index is 11.6. The molecule has 0 unspecified atom stereocenters. The van der Waals surface area contributed by atoms with Gasteiger partial charge in [-0.15, -0.1) is 0 Å². The van der Waals surface area contributed by atoms with Crippen molar-refractivity contribution in [1.82, 2.24) is 24.5 Å². The number of aromatic amines is 1. The Hall–Kier alpha value is -3.48. The number of esters is 1. The van der Waals surface area contributed by atoms with Crippen molar-refractivity contribution in [2.45, 2.75) is 13.3 Å². The first-order valence-corrected chi connectivity index (χ1v) is 8.33. The van der Waals surface area contributed by atoms with Crippen LogP contribution in [-0.4, -0.2) is 37.1 Å². The number of aromatic nitrogens is 5. The fourth-order valence-electron chi connectivity index (χ4n) is 2.73. The van der Waals surface area contributed by atoms with Crippen LogP contribution in [0.15, 0.2) is 55.1 Å². The van der Waals surface area contributed by atoms with Gasteiger partial charge in [-0.3, -0.25) is 9.78 Å². The van der Waals surface area contributed by atoms with Crippen LogP contribution in [0.3, 0.4) is 0 Å². The minimum Gasteiger partial charge on any atom is -0.466 e. The topological polar surface area (TPSA) is 85.7 Å². The van der Waals surface area contributed by atoms with Crippen molar-refractivity contribution in [2.24, 2.45) is 0 Å². The summed E-state index contributed by atoms with van der Waals surface area (Å²) in [7, 11) is 0. The van der Waals surface area contributed by atoms with Crippen LogP contribution in [0.1, 0.15) is 12.5 Å². The Labute approximate surface area is 149 Å². The lowest BCUT2D eigenvalue weighted by atomic mass is 10.2. The van der Waals surface area contributed by atoms with Gasteiger partial charge in [0.25, 0.3) is 0 Å². The normalized spacial score (nSPS) is 11.0. The van der Waals surface area contributed by atoms with Gasteiger partial charge in [-0.25, -0.2) is 9.97 Å². The molecule has 1 aromatic carbocycles. The predicted octanol–water partition coefficient (Wildman–Crippen LogP) is 2.92. The molecular weight excluding hydrogens is 330 g/mol. The Morgan fingerprint density at radius 2 is 2.08 bits per heavy atom. The molecule has 0 amide bonds. The molecule has 0 fully saturated rings. The lowest BCUT2D eigenvalue weighted by molar-refractivity contribution is -0.142. The van der Waals surface area contributed by atoms with E-state index in [0.29, 0.717) is 23.9 Å². The average Bonchev–Trinajstić information content (AvgIpc) is 3.29. The van der Waals surface area contributed by atoms with Crippen molar-refractivity contribution in [3.63, 3.8) is 0 Å². The second kappa shape index (κ2) is 6.79. The largest absolute Gasteiger partial charge is 0.466 e. The first-order valence-electron chi connectivity index (χ1n) is 8.33. The number of ether oxygens (including phenoxy) is 1. The molecule has 0 aliphatic heterocycles. The fourth-order valence-corrected chi connectivity index (χ4v) is 2.73. The molecule has 3 heterocycles. The van der Waals surface area contributed by atoms with Crippen LogP contribution in [0.2, 0.25) is 0 Å². The zero-order chi connectivity index (χ0) is 17.9. The summed E-state index contributed by atoms with van der Waals surface area (Å²) in [5.74, 6) is 1.07. The van der Waals surface area contributed by atoms with E-state index in [1.54, 1.807) is 19.3 Å². The Bertz CT molecular complexity index is 1030. The quantitative estimate of drug-likeness (QED) is 0.561. The number of rotatable bonds is 5. The Balaban J connectivity index is 1.61. The Morgan fingerprint density at radius 1 is 1.19 bits per heavy atom. The van der Waals surface area contributed by atoms with Gasteiger partial charge < -0.3 is 14.3 Å². The maximum absolute atomic E-state index is 11.6. The number of nitrogens with one attached hydrogen (secondary N) is 1. The lowest BCUT2D eigenvalue weighted by Gasteiger charge is -2.03. The van der Waals surface area contributed by atoms with Crippen molar-refractivity contribution in [1.29, 1.82) is 0 Å². The van der Waals surface area contributed by atoms with E-state index >= 15 is 0 Å². The minimum absolute atomic E-state index is 0.234. The van der Waals surface area contributed by atoms with Crippen LogP contribution in [0.5, 0.6) is 0 Å². The van der Waals surface area contributed by atoms with E-state index in [0.717, 1.165) is 16.6 Å². The summed E-state index contributed by atoms with van der Waals surface area (Å²) < 4.78 is 6.81. The first-order chi connectivity index (χ1) is 12.7. The number of benzene rings is 1. The summed E-state index contributed by atoms with van der Waals surface area (Å²) in [5, 5.41) is 0. The molecule has 1 N–H and O–H groups in total. The Kier molecular flexibility index (Phi) is 4.18. The van der Waals surface area contributed by atoms with E-state index in [-0.39, 0.29) is 12.4 Å². The number of hydrogen-bond donors (Lipinski definition) is 1. The van der Waals surface area contributed by atoms with Crippen LogP contribution >= 0.6 is 0 Å². The standard InChI is InChI=1S/C19H17N5O2/c1-2-26-18(25)9-13-7-8-24(12-13)17-11-20-10-16(21-17)19-22-14-5-3-4-6-15(14)23-19/h3-8,10-12H,2,9H2,1H3,(H,22,23). The third kappa shape index (κ3) is 3.19. The molecule has 4 rings (SSSR count). The zero-order valence-corrected chi connectivity index (χ0v) is 14.2. The molecule has 0 bridgehead atoms. The van der Waals surface area contributed by atoms with Gasteiger partial charge in [0.05, 0.1) is 36.5 Å². The van der Waals surface area contributed by atoms with Gasteiger partial charge in [0.15, 0.2) is 11.6 Å². The minimum atomic E-state index is -0.243. The zero-order valence-electron chi connectivity index (χ0n) is 14.2. The number of fused-ring (bicyclic) bond motifs is 1. The highest BCUT2D eigenvalue weighted by molar-refractivity contribution is 5.78. The van der Waals surface area contributed by atoms with Gasteiger partial charge in [-0.2, -0.15) is 0 Å². The Morgan fingerprint density at radius 3 is 2.92 bits per heavy atom. The second-order valence-electron chi connectivity index (χ2n) is 5.77.